The topological polar surface area (TPSA) is 51.4 Å². The van der Waals surface area contributed by atoms with Gasteiger partial charge in [0.25, 0.3) is 0 Å². The fourth-order valence-electron chi connectivity index (χ4n) is 3.59. The van der Waals surface area contributed by atoms with Crippen LogP contribution in [0.5, 0.6) is 0 Å². The number of nitrogens with two attached hydrogens (primary N) is 1. The van der Waals surface area contributed by atoms with Gasteiger partial charge in [-0.1, -0.05) is 29.8 Å². The van der Waals surface area contributed by atoms with E-state index in [1.807, 2.05) is 41.9 Å². The number of hydrogen-bond acceptors (Lipinski definition) is 3. The highest BCUT2D eigenvalue weighted by Gasteiger charge is 2.22. The van der Waals surface area contributed by atoms with Gasteiger partial charge < -0.3 is 10.6 Å². The molecule has 1 atom stereocenters. The van der Waals surface area contributed by atoms with Crippen molar-refractivity contribution in [1.82, 2.24) is 9.78 Å². The molecule has 1 aromatic heterocycles. The van der Waals surface area contributed by atoms with Gasteiger partial charge in [-0.15, -0.1) is 0 Å². The smallest absolute Gasteiger partial charge is 0.222 e. The van der Waals surface area contributed by atoms with Crippen LogP contribution >= 0.6 is 0 Å². The molecule has 1 aliphatic heterocycles. The van der Waals surface area contributed by atoms with Crippen molar-refractivity contribution in [3.63, 3.8) is 0 Å². The molecule has 5 nitrogen and oxygen atoms in total. The van der Waals surface area contributed by atoms with Crippen LogP contribution < -0.4 is 10.6 Å². The third-order valence-electron chi connectivity index (χ3n) is 5.11. The predicted molar refractivity (Wildman–Crippen MR) is 109 cm³/mol. The summed E-state index contributed by atoms with van der Waals surface area (Å²) in [5.74, 6) is 0.419. The predicted octanol–water partition coefficient (Wildman–Crippen LogP) is 4.47. The molecule has 6 heteroatoms. The Kier molecular flexibility index (Phi) is 4.84. The number of hydrogen-bond donors (Lipinski definition) is 1. The second-order valence-electron chi connectivity index (χ2n) is 7.26. The first-order valence-corrected chi connectivity index (χ1v) is 9.40. The highest BCUT2D eigenvalue weighted by molar-refractivity contribution is 5.68. The average Bonchev–Trinajstić information content (AvgIpc) is 3.14. The molecular formula is C22H22FN5. The van der Waals surface area contributed by atoms with Crippen LogP contribution in [-0.4, -0.2) is 28.9 Å². The summed E-state index contributed by atoms with van der Waals surface area (Å²) in [4.78, 5) is 5.44. The summed E-state index contributed by atoms with van der Waals surface area (Å²) in [6.07, 6.45) is 2.05. The lowest BCUT2D eigenvalue weighted by atomic mass is 10.1. The van der Waals surface area contributed by atoms with Crippen LogP contribution in [0.4, 0.5) is 15.9 Å². The maximum Gasteiger partial charge on any atom is 0.222 e. The Morgan fingerprint density at radius 2 is 1.96 bits per heavy atom. The maximum absolute atomic E-state index is 14.1. The number of piperidine rings is 1. The van der Waals surface area contributed by atoms with Gasteiger partial charge in [0.1, 0.15) is 11.6 Å². The molecule has 0 unspecified atom stereocenters. The second-order valence-corrected chi connectivity index (χ2v) is 7.26. The van der Waals surface area contributed by atoms with Gasteiger partial charge in [0.15, 0.2) is 0 Å². The van der Waals surface area contributed by atoms with E-state index in [0.717, 1.165) is 37.4 Å². The van der Waals surface area contributed by atoms with Crippen LogP contribution in [0.25, 0.3) is 21.8 Å². The molecule has 28 heavy (non-hydrogen) atoms. The summed E-state index contributed by atoms with van der Waals surface area (Å²) in [6.45, 7) is 10.8. The van der Waals surface area contributed by atoms with Gasteiger partial charge in [0.2, 0.25) is 5.69 Å². The Morgan fingerprint density at radius 1 is 1.18 bits per heavy atom. The monoisotopic (exact) mass is 375 g/mol. The number of aryl methyl sites for hydroxylation is 1. The normalized spacial score (nSPS) is 16.8. The minimum atomic E-state index is -0.529. The molecule has 2 aromatic carbocycles. The molecule has 0 aliphatic carbocycles. The van der Waals surface area contributed by atoms with Crippen molar-refractivity contribution in [3.05, 3.63) is 71.3 Å². The zero-order valence-corrected chi connectivity index (χ0v) is 15.8. The van der Waals surface area contributed by atoms with Gasteiger partial charge in [-0.2, -0.15) is 5.10 Å². The van der Waals surface area contributed by atoms with Crippen LogP contribution in [0, 0.1) is 19.3 Å². The quantitative estimate of drug-likeness (QED) is 0.688. The first-order chi connectivity index (χ1) is 13.5. The largest absolute Gasteiger partial charge is 0.355 e. The lowest BCUT2D eigenvalue weighted by molar-refractivity contribution is 0.500. The van der Waals surface area contributed by atoms with E-state index in [1.165, 1.54) is 17.7 Å². The molecule has 0 saturated carbocycles. The molecule has 3 aromatic rings. The van der Waals surface area contributed by atoms with E-state index < -0.39 is 5.82 Å². The molecule has 1 saturated heterocycles. The van der Waals surface area contributed by atoms with E-state index in [0.29, 0.717) is 11.3 Å². The number of nitrogens with zero attached hydrogens (tertiary/aromatic N) is 4. The molecule has 0 radical (unpaired) electrons. The van der Waals surface area contributed by atoms with Gasteiger partial charge in [-0.05, 0) is 38.0 Å². The third kappa shape index (κ3) is 3.49. The molecule has 1 aliphatic rings. The van der Waals surface area contributed by atoms with Crippen LogP contribution in [0.3, 0.4) is 0 Å². The van der Waals surface area contributed by atoms with E-state index in [-0.39, 0.29) is 11.7 Å². The first-order valence-electron chi connectivity index (χ1n) is 9.40. The zero-order valence-electron chi connectivity index (χ0n) is 15.8. The Bertz CT molecular complexity index is 1030. The number of anilines is 1. The fraction of sp³-hybridized carbons (Fsp3) is 0.273. The van der Waals surface area contributed by atoms with Gasteiger partial charge in [0.05, 0.1) is 18.0 Å². The summed E-state index contributed by atoms with van der Waals surface area (Å²) >= 11 is 0. The maximum atomic E-state index is 14.1. The summed E-state index contributed by atoms with van der Waals surface area (Å²) in [7, 11) is 0. The van der Waals surface area contributed by atoms with E-state index in [1.54, 1.807) is 6.07 Å². The third-order valence-corrected chi connectivity index (χ3v) is 5.11. The fourth-order valence-corrected chi connectivity index (χ4v) is 3.59. The molecular weight excluding hydrogens is 353 g/mol. The second kappa shape index (κ2) is 7.45. The van der Waals surface area contributed by atoms with Crippen molar-refractivity contribution in [2.45, 2.75) is 25.8 Å². The number of benzene rings is 2. The average molecular weight is 375 g/mol. The lowest BCUT2D eigenvalue weighted by Crippen LogP contribution is -2.43. The van der Waals surface area contributed by atoms with Crippen molar-refractivity contribution < 1.29 is 4.39 Å². The van der Waals surface area contributed by atoms with Crippen LogP contribution in [0.15, 0.2) is 48.5 Å². The highest BCUT2D eigenvalue weighted by atomic mass is 19.1. The minimum Gasteiger partial charge on any atom is -0.355 e. The van der Waals surface area contributed by atoms with Crippen molar-refractivity contribution >= 4 is 11.5 Å². The Balaban J connectivity index is 1.80. The molecule has 0 spiro atoms. The SMILES string of the molecule is [C-]#[N+]c1ccc(-c2cc(N3CCC[C@H](N)C3)n(-c3ccc(C)cc3)n2)cc1F. The van der Waals surface area contributed by atoms with E-state index in [4.69, 9.17) is 17.4 Å². The van der Waals surface area contributed by atoms with Crippen LogP contribution in [-0.2, 0) is 0 Å². The number of halogens is 1. The van der Waals surface area contributed by atoms with Gasteiger partial charge in [-0.25, -0.2) is 13.9 Å². The minimum absolute atomic E-state index is 0.0175. The molecule has 142 valence electrons. The summed E-state index contributed by atoms with van der Waals surface area (Å²) in [6, 6.07) is 14.9. The zero-order chi connectivity index (χ0) is 19.7. The van der Waals surface area contributed by atoms with Gasteiger partial charge in [0, 0.05) is 30.8 Å². The van der Waals surface area contributed by atoms with Crippen LogP contribution in [0.1, 0.15) is 18.4 Å². The molecule has 0 amide bonds. The Hall–Kier alpha value is -3.17. The van der Waals surface area contributed by atoms with Crippen LogP contribution in [0.2, 0.25) is 0 Å². The Morgan fingerprint density at radius 3 is 2.64 bits per heavy atom. The number of aromatic nitrogens is 2. The van der Waals surface area contributed by atoms with Crippen molar-refractivity contribution in [3.8, 4) is 16.9 Å². The molecule has 1 fully saturated rings. The van der Waals surface area contributed by atoms with E-state index in [2.05, 4.69) is 9.74 Å². The first kappa shape index (κ1) is 18.2. The summed E-state index contributed by atoms with van der Waals surface area (Å²) < 4.78 is 16.0. The van der Waals surface area contributed by atoms with Crippen molar-refractivity contribution in [2.75, 3.05) is 18.0 Å². The summed E-state index contributed by atoms with van der Waals surface area (Å²) in [5, 5.41) is 4.77. The van der Waals surface area contributed by atoms with E-state index >= 15 is 0 Å². The molecule has 2 N–H and O–H groups in total. The van der Waals surface area contributed by atoms with Gasteiger partial charge >= 0.3 is 0 Å². The number of rotatable bonds is 3. The van der Waals surface area contributed by atoms with Crippen molar-refractivity contribution in [2.24, 2.45) is 5.73 Å². The lowest BCUT2D eigenvalue weighted by Gasteiger charge is -2.32. The molecule has 0 bridgehead atoms. The molecule has 4 rings (SSSR count). The van der Waals surface area contributed by atoms with E-state index in [9.17, 15) is 4.39 Å². The molecule has 2 heterocycles. The van der Waals surface area contributed by atoms with Crippen molar-refractivity contribution in [1.29, 1.82) is 0 Å². The van der Waals surface area contributed by atoms with Gasteiger partial charge in [-0.3, -0.25) is 0 Å². The highest BCUT2D eigenvalue weighted by Crippen LogP contribution is 2.31. The Labute approximate surface area is 164 Å². The summed E-state index contributed by atoms with van der Waals surface area (Å²) in [5.41, 5.74) is 9.66. The standard InChI is InChI=1S/C22H22FN5/c1-15-5-8-18(9-6-15)28-22(27-11-3-4-17(24)14-27)13-21(26-28)16-7-10-20(25-2)19(23)12-16/h5-10,12-13,17H,3-4,11,14,24H2,1H3/t17-/m0/s1.